The van der Waals surface area contributed by atoms with Gasteiger partial charge in [-0.3, -0.25) is 4.90 Å². The SMILES string of the molecule is CCNc1ncc(CN2CCCC2CCCO)s1. The van der Waals surface area contributed by atoms with Crippen LogP contribution in [0, 0.1) is 0 Å². The van der Waals surface area contributed by atoms with Gasteiger partial charge in [-0.1, -0.05) is 0 Å². The van der Waals surface area contributed by atoms with Gasteiger partial charge >= 0.3 is 0 Å². The molecule has 18 heavy (non-hydrogen) atoms. The van der Waals surface area contributed by atoms with Crippen LogP contribution >= 0.6 is 11.3 Å². The maximum Gasteiger partial charge on any atom is 0.182 e. The fourth-order valence-electron chi connectivity index (χ4n) is 2.57. The van der Waals surface area contributed by atoms with Gasteiger partial charge in [-0.25, -0.2) is 4.98 Å². The number of thiazole rings is 1. The summed E-state index contributed by atoms with van der Waals surface area (Å²) in [7, 11) is 0. The molecule has 5 heteroatoms. The Hall–Kier alpha value is -0.650. The second-order valence-electron chi connectivity index (χ2n) is 4.79. The van der Waals surface area contributed by atoms with Gasteiger partial charge in [0.2, 0.25) is 0 Å². The predicted molar refractivity (Wildman–Crippen MR) is 76.0 cm³/mol. The van der Waals surface area contributed by atoms with Crippen LogP contribution in [0.2, 0.25) is 0 Å². The predicted octanol–water partition coefficient (Wildman–Crippen LogP) is 2.31. The van der Waals surface area contributed by atoms with E-state index in [0.29, 0.717) is 12.6 Å². The zero-order chi connectivity index (χ0) is 12.8. The van der Waals surface area contributed by atoms with Crippen molar-refractivity contribution in [3.8, 4) is 0 Å². The summed E-state index contributed by atoms with van der Waals surface area (Å²) in [5.41, 5.74) is 0. The minimum absolute atomic E-state index is 0.315. The van der Waals surface area contributed by atoms with Crippen LogP contribution < -0.4 is 5.32 Å². The minimum atomic E-state index is 0.315. The third-order valence-corrected chi connectivity index (χ3v) is 4.37. The molecular formula is C13H23N3OS. The van der Waals surface area contributed by atoms with E-state index < -0.39 is 0 Å². The van der Waals surface area contributed by atoms with Gasteiger partial charge in [0.25, 0.3) is 0 Å². The maximum atomic E-state index is 8.93. The molecule has 1 atom stereocenters. The molecule has 0 saturated carbocycles. The lowest BCUT2D eigenvalue weighted by Gasteiger charge is -2.23. The molecule has 1 saturated heterocycles. The van der Waals surface area contributed by atoms with E-state index in [2.05, 4.69) is 22.1 Å². The Balaban J connectivity index is 1.86. The Morgan fingerprint density at radius 1 is 1.61 bits per heavy atom. The molecule has 102 valence electrons. The van der Waals surface area contributed by atoms with Crippen molar-refractivity contribution in [3.63, 3.8) is 0 Å². The van der Waals surface area contributed by atoms with Gasteiger partial charge in [-0.2, -0.15) is 0 Å². The topological polar surface area (TPSA) is 48.4 Å². The summed E-state index contributed by atoms with van der Waals surface area (Å²) < 4.78 is 0. The second kappa shape index (κ2) is 7.07. The molecule has 1 aliphatic heterocycles. The summed E-state index contributed by atoms with van der Waals surface area (Å²) in [5.74, 6) is 0. The average molecular weight is 269 g/mol. The van der Waals surface area contributed by atoms with Crippen LogP contribution in [0.25, 0.3) is 0 Å². The van der Waals surface area contributed by atoms with E-state index in [1.807, 2.05) is 6.20 Å². The van der Waals surface area contributed by atoms with Crippen molar-refractivity contribution in [2.24, 2.45) is 0 Å². The molecule has 1 unspecified atom stereocenters. The number of aliphatic hydroxyl groups excluding tert-OH is 1. The molecular weight excluding hydrogens is 246 g/mol. The largest absolute Gasteiger partial charge is 0.396 e. The van der Waals surface area contributed by atoms with Gasteiger partial charge in [0.05, 0.1) is 0 Å². The van der Waals surface area contributed by atoms with E-state index in [0.717, 1.165) is 31.1 Å². The molecule has 4 nitrogen and oxygen atoms in total. The Morgan fingerprint density at radius 3 is 3.28 bits per heavy atom. The molecule has 1 aromatic heterocycles. The lowest BCUT2D eigenvalue weighted by Crippen LogP contribution is -2.28. The highest BCUT2D eigenvalue weighted by Gasteiger charge is 2.24. The zero-order valence-electron chi connectivity index (χ0n) is 11.1. The molecule has 1 aromatic rings. The number of aliphatic hydroxyl groups is 1. The maximum absolute atomic E-state index is 8.93. The van der Waals surface area contributed by atoms with Crippen LogP contribution in [-0.2, 0) is 6.54 Å². The highest BCUT2D eigenvalue weighted by atomic mass is 32.1. The highest BCUT2D eigenvalue weighted by molar-refractivity contribution is 7.15. The van der Waals surface area contributed by atoms with E-state index in [1.54, 1.807) is 11.3 Å². The van der Waals surface area contributed by atoms with Crippen LogP contribution in [0.4, 0.5) is 5.13 Å². The fourth-order valence-corrected chi connectivity index (χ4v) is 3.48. The van der Waals surface area contributed by atoms with Crippen molar-refractivity contribution >= 4 is 16.5 Å². The van der Waals surface area contributed by atoms with E-state index in [4.69, 9.17) is 5.11 Å². The third kappa shape index (κ3) is 3.67. The highest BCUT2D eigenvalue weighted by Crippen LogP contribution is 2.26. The zero-order valence-corrected chi connectivity index (χ0v) is 11.9. The number of aromatic nitrogens is 1. The second-order valence-corrected chi connectivity index (χ2v) is 5.91. The smallest absolute Gasteiger partial charge is 0.182 e. The van der Waals surface area contributed by atoms with Crippen LogP contribution in [0.1, 0.15) is 37.5 Å². The molecule has 0 aliphatic carbocycles. The van der Waals surface area contributed by atoms with E-state index >= 15 is 0 Å². The van der Waals surface area contributed by atoms with Gasteiger partial charge in [0.1, 0.15) is 0 Å². The van der Waals surface area contributed by atoms with Crippen molar-refractivity contribution < 1.29 is 5.11 Å². The summed E-state index contributed by atoms with van der Waals surface area (Å²) in [6.07, 6.45) is 6.60. The van der Waals surface area contributed by atoms with Gasteiger partial charge in [0, 0.05) is 36.8 Å². The Bertz CT molecular complexity index is 356. The molecule has 1 aliphatic rings. The van der Waals surface area contributed by atoms with Crippen molar-refractivity contribution in [2.45, 2.75) is 45.2 Å². The molecule has 0 bridgehead atoms. The summed E-state index contributed by atoms with van der Waals surface area (Å²) in [4.78, 5) is 8.25. The lowest BCUT2D eigenvalue weighted by atomic mass is 10.1. The number of likely N-dealkylation sites (tertiary alicyclic amines) is 1. The molecule has 0 radical (unpaired) electrons. The number of nitrogens with zero attached hydrogens (tertiary/aromatic N) is 2. The van der Waals surface area contributed by atoms with Crippen molar-refractivity contribution in [2.75, 3.05) is 25.0 Å². The van der Waals surface area contributed by atoms with Crippen molar-refractivity contribution in [1.82, 2.24) is 9.88 Å². The Morgan fingerprint density at radius 2 is 2.50 bits per heavy atom. The van der Waals surface area contributed by atoms with Crippen LogP contribution in [0.5, 0.6) is 0 Å². The first kappa shape index (κ1) is 13.8. The number of hydrogen-bond donors (Lipinski definition) is 2. The van der Waals surface area contributed by atoms with Gasteiger partial charge in [-0.05, 0) is 39.2 Å². The number of nitrogens with one attached hydrogen (secondary N) is 1. The third-order valence-electron chi connectivity index (χ3n) is 3.44. The number of rotatable bonds is 7. The molecule has 2 rings (SSSR count). The summed E-state index contributed by atoms with van der Waals surface area (Å²) >= 11 is 1.76. The lowest BCUT2D eigenvalue weighted by molar-refractivity contribution is 0.211. The van der Waals surface area contributed by atoms with Gasteiger partial charge in [-0.15, -0.1) is 11.3 Å². The molecule has 1 fully saturated rings. The van der Waals surface area contributed by atoms with Gasteiger partial charge in [0.15, 0.2) is 5.13 Å². The van der Waals surface area contributed by atoms with E-state index in [9.17, 15) is 0 Å². The van der Waals surface area contributed by atoms with Crippen LogP contribution in [0.15, 0.2) is 6.20 Å². The molecule has 0 aromatic carbocycles. The number of hydrogen-bond acceptors (Lipinski definition) is 5. The Labute approximate surface area is 113 Å². The summed E-state index contributed by atoms with van der Waals surface area (Å²) in [5, 5.41) is 13.2. The standard InChI is InChI=1S/C13H23N3OS/c1-2-14-13-15-9-12(18-13)10-16-7-3-5-11(16)6-4-8-17/h9,11,17H,2-8,10H2,1H3,(H,14,15). The summed E-state index contributed by atoms with van der Waals surface area (Å²) in [6, 6.07) is 0.654. The Kier molecular flexibility index (Phi) is 5.41. The van der Waals surface area contributed by atoms with Crippen molar-refractivity contribution in [3.05, 3.63) is 11.1 Å². The van der Waals surface area contributed by atoms with E-state index in [-0.39, 0.29) is 0 Å². The van der Waals surface area contributed by atoms with Gasteiger partial charge < -0.3 is 10.4 Å². The first-order valence-electron chi connectivity index (χ1n) is 6.87. The fraction of sp³-hybridized carbons (Fsp3) is 0.769. The van der Waals surface area contributed by atoms with Crippen LogP contribution in [-0.4, -0.2) is 40.7 Å². The molecule has 2 N–H and O–H groups in total. The molecule has 0 spiro atoms. The first-order valence-corrected chi connectivity index (χ1v) is 7.68. The first-order chi connectivity index (χ1) is 8.83. The van der Waals surface area contributed by atoms with E-state index in [1.165, 1.54) is 24.3 Å². The monoisotopic (exact) mass is 269 g/mol. The quantitative estimate of drug-likeness (QED) is 0.797. The summed E-state index contributed by atoms with van der Waals surface area (Å²) in [6.45, 7) is 5.53. The normalized spacial score (nSPS) is 20.4. The van der Waals surface area contributed by atoms with Crippen molar-refractivity contribution in [1.29, 1.82) is 0 Å². The molecule has 2 heterocycles. The van der Waals surface area contributed by atoms with Crippen LogP contribution in [0.3, 0.4) is 0 Å². The molecule has 0 amide bonds. The average Bonchev–Trinajstić information content (AvgIpc) is 2.98. The number of anilines is 1. The minimum Gasteiger partial charge on any atom is -0.396 e.